The van der Waals surface area contributed by atoms with Crippen molar-refractivity contribution in [3.8, 4) is 0 Å². The van der Waals surface area contributed by atoms with E-state index in [4.69, 9.17) is 23.2 Å². The molecule has 1 atom stereocenters. The van der Waals surface area contributed by atoms with Crippen LogP contribution in [-0.2, 0) is 11.2 Å². The van der Waals surface area contributed by atoms with Crippen LogP contribution >= 0.6 is 34.5 Å². The highest BCUT2D eigenvalue weighted by Gasteiger charge is 2.56. The largest absolute Gasteiger partial charge is 0.302 e. The van der Waals surface area contributed by atoms with Gasteiger partial charge in [0.2, 0.25) is 5.91 Å². The molecule has 7 heteroatoms. The molecule has 1 saturated carbocycles. The second-order valence-corrected chi connectivity index (χ2v) is 7.56. The van der Waals surface area contributed by atoms with Gasteiger partial charge < -0.3 is 5.32 Å². The summed E-state index contributed by atoms with van der Waals surface area (Å²) in [7, 11) is 0. The van der Waals surface area contributed by atoms with Crippen molar-refractivity contribution in [1.82, 2.24) is 4.98 Å². The fourth-order valence-electron chi connectivity index (χ4n) is 1.97. The molecule has 21 heavy (non-hydrogen) atoms. The number of aromatic nitrogens is 1. The second-order valence-electron chi connectivity index (χ2n) is 4.91. The number of nitrogens with one attached hydrogen (secondary N) is 1. The van der Waals surface area contributed by atoms with Crippen LogP contribution in [0.4, 0.5) is 9.52 Å². The molecule has 1 fully saturated rings. The summed E-state index contributed by atoms with van der Waals surface area (Å²) < 4.78 is 12.6. The Morgan fingerprint density at radius 3 is 2.86 bits per heavy atom. The Morgan fingerprint density at radius 1 is 1.48 bits per heavy atom. The van der Waals surface area contributed by atoms with Gasteiger partial charge in [0.25, 0.3) is 0 Å². The number of nitrogens with zero attached hydrogens (tertiary/aromatic N) is 1. The number of rotatable bonds is 4. The van der Waals surface area contributed by atoms with Gasteiger partial charge in [-0.05, 0) is 18.1 Å². The molecular weight excluding hydrogens is 334 g/mol. The molecule has 0 unspecified atom stereocenters. The fraction of sp³-hybridized carbons (Fsp3) is 0.286. The highest BCUT2D eigenvalue weighted by molar-refractivity contribution is 7.15. The second kappa shape index (κ2) is 5.55. The van der Waals surface area contributed by atoms with E-state index in [0.29, 0.717) is 23.5 Å². The number of hydrogen-bond donors (Lipinski definition) is 1. The number of alkyl halides is 2. The summed E-state index contributed by atoms with van der Waals surface area (Å²) in [6.07, 6.45) is 2.53. The Labute approximate surface area is 135 Å². The maximum atomic E-state index is 13.6. The van der Waals surface area contributed by atoms with Crippen LogP contribution in [0.3, 0.4) is 0 Å². The molecule has 1 aromatic carbocycles. The Hall–Kier alpha value is -1.17. The van der Waals surface area contributed by atoms with Gasteiger partial charge in [-0.25, -0.2) is 9.37 Å². The molecule has 1 aliphatic rings. The van der Waals surface area contributed by atoms with Crippen LogP contribution < -0.4 is 5.32 Å². The summed E-state index contributed by atoms with van der Waals surface area (Å²) in [6.45, 7) is 0. The van der Waals surface area contributed by atoms with Gasteiger partial charge in [0, 0.05) is 17.5 Å². The van der Waals surface area contributed by atoms with E-state index < -0.39 is 4.33 Å². The molecule has 1 heterocycles. The van der Waals surface area contributed by atoms with Crippen LogP contribution in [0.25, 0.3) is 0 Å². The number of hydrogen-bond acceptors (Lipinski definition) is 3. The van der Waals surface area contributed by atoms with Crippen molar-refractivity contribution in [2.24, 2.45) is 5.92 Å². The van der Waals surface area contributed by atoms with Crippen molar-refractivity contribution in [2.75, 3.05) is 5.32 Å². The van der Waals surface area contributed by atoms with Gasteiger partial charge in [-0.3, -0.25) is 4.79 Å². The summed E-state index contributed by atoms with van der Waals surface area (Å²) in [4.78, 5) is 16.8. The van der Waals surface area contributed by atoms with Gasteiger partial charge in [-0.2, -0.15) is 0 Å². The Balaban J connectivity index is 1.64. The molecular formula is C14H11Cl2FN2OS. The smallest absolute Gasteiger partial charge is 0.232 e. The Kier molecular flexibility index (Phi) is 3.90. The minimum atomic E-state index is -0.947. The van der Waals surface area contributed by atoms with Gasteiger partial charge in [-0.1, -0.05) is 18.2 Å². The molecule has 1 aliphatic carbocycles. The standard InChI is InChI=1S/C14H11Cl2FN2OS/c15-14(16)6-10(14)12(20)19-13-18-7-9(21-13)5-8-3-1-2-4-11(8)17/h1-4,7,10H,5-6H2,(H,18,19,20)/t10-/m1/s1. The van der Waals surface area contributed by atoms with Crippen LogP contribution in [0.5, 0.6) is 0 Å². The van der Waals surface area contributed by atoms with Crippen molar-refractivity contribution in [1.29, 1.82) is 0 Å². The molecule has 1 amide bonds. The summed E-state index contributed by atoms with van der Waals surface area (Å²) in [5.41, 5.74) is 0.599. The number of anilines is 1. The van der Waals surface area contributed by atoms with E-state index in [1.165, 1.54) is 17.4 Å². The number of carbonyl (C=O) groups is 1. The average Bonchev–Trinajstić information content (AvgIpc) is 2.86. The lowest BCUT2D eigenvalue weighted by atomic mass is 10.1. The fourth-order valence-corrected chi connectivity index (χ4v) is 3.31. The topological polar surface area (TPSA) is 42.0 Å². The lowest BCUT2D eigenvalue weighted by Crippen LogP contribution is -2.16. The first-order valence-corrected chi connectivity index (χ1v) is 7.90. The number of carbonyl (C=O) groups excluding carboxylic acids is 1. The molecule has 0 aliphatic heterocycles. The van der Waals surface area contributed by atoms with E-state index in [9.17, 15) is 9.18 Å². The zero-order valence-corrected chi connectivity index (χ0v) is 13.1. The van der Waals surface area contributed by atoms with Gasteiger partial charge in [0.05, 0.1) is 5.92 Å². The van der Waals surface area contributed by atoms with Gasteiger partial charge in [-0.15, -0.1) is 34.5 Å². The summed E-state index contributed by atoms with van der Waals surface area (Å²) in [5, 5.41) is 3.16. The molecule has 2 aromatic rings. The van der Waals surface area contributed by atoms with E-state index in [0.717, 1.165) is 4.88 Å². The third-order valence-electron chi connectivity index (χ3n) is 3.25. The van der Waals surface area contributed by atoms with Crippen molar-refractivity contribution in [2.45, 2.75) is 17.2 Å². The Morgan fingerprint density at radius 2 is 2.19 bits per heavy atom. The molecule has 1 aromatic heterocycles. The Bertz CT molecular complexity index is 689. The first kappa shape index (κ1) is 14.8. The lowest BCUT2D eigenvalue weighted by Gasteiger charge is -2.01. The summed E-state index contributed by atoms with van der Waals surface area (Å²) in [5.74, 6) is -0.866. The third kappa shape index (κ3) is 3.36. The van der Waals surface area contributed by atoms with Gasteiger partial charge in [0.1, 0.15) is 10.2 Å². The molecule has 110 valence electrons. The minimum absolute atomic E-state index is 0.230. The monoisotopic (exact) mass is 344 g/mol. The zero-order valence-electron chi connectivity index (χ0n) is 10.8. The first-order valence-electron chi connectivity index (χ1n) is 6.32. The molecule has 3 nitrogen and oxygen atoms in total. The zero-order chi connectivity index (χ0) is 15.0. The van der Waals surface area contributed by atoms with Crippen molar-refractivity contribution in [3.05, 3.63) is 46.7 Å². The van der Waals surface area contributed by atoms with Crippen LogP contribution in [-0.4, -0.2) is 15.2 Å². The van der Waals surface area contributed by atoms with Crippen molar-refractivity contribution < 1.29 is 9.18 Å². The van der Waals surface area contributed by atoms with Gasteiger partial charge >= 0.3 is 0 Å². The number of benzene rings is 1. The molecule has 0 spiro atoms. The van der Waals surface area contributed by atoms with Crippen LogP contribution in [0, 0.1) is 11.7 Å². The van der Waals surface area contributed by atoms with E-state index in [2.05, 4.69) is 10.3 Å². The minimum Gasteiger partial charge on any atom is -0.302 e. The maximum Gasteiger partial charge on any atom is 0.232 e. The van der Waals surface area contributed by atoms with Crippen LogP contribution in [0.15, 0.2) is 30.5 Å². The average molecular weight is 345 g/mol. The highest BCUT2D eigenvalue weighted by atomic mass is 35.5. The van der Waals surface area contributed by atoms with Crippen molar-refractivity contribution in [3.63, 3.8) is 0 Å². The number of thiazole rings is 1. The van der Waals surface area contributed by atoms with E-state index >= 15 is 0 Å². The van der Waals surface area contributed by atoms with Gasteiger partial charge in [0.15, 0.2) is 5.13 Å². The quantitative estimate of drug-likeness (QED) is 0.851. The highest BCUT2D eigenvalue weighted by Crippen LogP contribution is 2.53. The predicted molar refractivity (Wildman–Crippen MR) is 82.5 cm³/mol. The number of halogens is 3. The molecule has 0 saturated heterocycles. The lowest BCUT2D eigenvalue weighted by molar-refractivity contribution is -0.117. The van der Waals surface area contributed by atoms with E-state index in [1.54, 1.807) is 24.4 Å². The number of amides is 1. The van der Waals surface area contributed by atoms with E-state index in [1.807, 2.05) is 0 Å². The summed E-state index contributed by atoms with van der Waals surface area (Å²) in [6, 6.07) is 6.59. The normalized spacial score (nSPS) is 19.3. The summed E-state index contributed by atoms with van der Waals surface area (Å²) >= 11 is 13.0. The first-order chi connectivity index (χ1) is 9.95. The van der Waals surface area contributed by atoms with Crippen LogP contribution in [0.1, 0.15) is 16.9 Å². The predicted octanol–water partition coefficient (Wildman–Crippen LogP) is 4.01. The van der Waals surface area contributed by atoms with Crippen molar-refractivity contribution >= 4 is 45.6 Å². The third-order valence-corrected chi connectivity index (χ3v) is 5.00. The molecule has 0 bridgehead atoms. The molecule has 3 rings (SSSR count). The SMILES string of the molecule is O=C(Nc1ncc(Cc2ccccc2F)s1)[C@H]1CC1(Cl)Cl. The van der Waals surface area contributed by atoms with E-state index in [-0.39, 0.29) is 17.6 Å². The molecule has 1 N–H and O–H groups in total. The molecule has 0 radical (unpaired) electrons. The van der Waals surface area contributed by atoms with Crippen LogP contribution in [0.2, 0.25) is 0 Å². The maximum absolute atomic E-state index is 13.6.